The Morgan fingerprint density at radius 1 is 1.25 bits per heavy atom. The molecule has 1 amide bonds. The Bertz CT molecular complexity index is 645. The summed E-state index contributed by atoms with van der Waals surface area (Å²) in [6.07, 6.45) is 2.74. The molecule has 1 aliphatic rings. The van der Waals surface area contributed by atoms with Crippen LogP contribution in [0.1, 0.15) is 18.9 Å². The summed E-state index contributed by atoms with van der Waals surface area (Å²) < 4.78 is 16.6. The Kier molecular flexibility index (Phi) is 7.08. The molecule has 7 heteroatoms. The maximum absolute atomic E-state index is 12.4. The number of thiocarbonyl (C=S) groups is 1. The van der Waals surface area contributed by atoms with Crippen LogP contribution in [0.2, 0.25) is 0 Å². The highest BCUT2D eigenvalue weighted by molar-refractivity contribution is 8.26. The molecule has 5 nitrogen and oxygen atoms in total. The van der Waals surface area contributed by atoms with E-state index in [4.69, 9.17) is 26.4 Å². The van der Waals surface area contributed by atoms with Gasteiger partial charge in [0.25, 0.3) is 5.91 Å². The van der Waals surface area contributed by atoms with E-state index in [0.717, 1.165) is 12.0 Å². The van der Waals surface area contributed by atoms with Gasteiger partial charge in [0.05, 0.1) is 31.8 Å². The van der Waals surface area contributed by atoms with Crippen molar-refractivity contribution in [2.24, 2.45) is 0 Å². The first kappa shape index (κ1) is 18.8. The summed E-state index contributed by atoms with van der Waals surface area (Å²) in [5.74, 6) is 1.25. The average Bonchev–Trinajstić information content (AvgIpc) is 2.85. The van der Waals surface area contributed by atoms with Crippen LogP contribution in [0.5, 0.6) is 11.5 Å². The number of rotatable bonds is 8. The highest BCUT2D eigenvalue weighted by Gasteiger charge is 2.31. The van der Waals surface area contributed by atoms with Gasteiger partial charge in [0.15, 0.2) is 11.5 Å². The standard InChI is InChI=1S/C17H21NO4S2/c1-4-8-22-13-6-5-12(10-14(13)21-3)11-15-16(19)18(7-9-20-2)17(23)24-15/h5-6,10-11H,4,7-9H2,1-3H3/b15-11-. The zero-order valence-electron chi connectivity index (χ0n) is 14.0. The van der Waals surface area contributed by atoms with Crippen LogP contribution in [0.4, 0.5) is 0 Å². The smallest absolute Gasteiger partial charge is 0.266 e. The summed E-state index contributed by atoms with van der Waals surface area (Å²) in [6, 6.07) is 5.61. The van der Waals surface area contributed by atoms with Gasteiger partial charge in [-0.2, -0.15) is 0 Å². The van der Waals surface area contributed by atoms with Crippen molar-refractivity contribution in [1.82, 2.24) is 4.90 Å². The first-order chi connectivity index (χ1) is 11.6. The number of thioether (sulfide) groups is 1. The molecule has 130 valence electrons. The van der Waals surface area contributed by atoms with E-state index in [0.29, 0.717) is 40.5 Å². The highest BCUT2D eigenvalue weighted by atomic mass is 32.2. The second-order valence-corrected chi connectivity index (χ2v) is 6.76. The summed E-state index contributed by atoms with van der Waals surface area (Å²) in [4.78, 5) is 14.6. The molecule has 0 aliphatic carbocycles. The van der Waals surface area contributed by atoms with Gasteiger partial charge in [0.2, 0.25) is 0 Å². The van der Waals surface area contributed by atoms with Crippen molar-refractivity contribution in [3.63, 3.8) is 0 Å². The third-order valence-electron chi connectivity index (χ3n) is 3.34. The highest BCUT2D eigenvalue weighted by Crippen LogP contribution is 2.34. The first-order valence-corrected chi connectivity index (χ1v) is 8.88. The van der Waals surface area contributed by atoms with E-state index in [9.17, 15) is 4.79 Å². The minimum Gasteiger partial charge on any atom is -0.493 e. The van der Waals surface area contributed by atoms with Crippen LogP contribution < -0.4 is 9.47 Å². The van der Waals surface area contributed by atoms with Crippen LogP contribution in [0.25, 0.3) is 6.08 Å². The van der Waals surface area contributed by atoms with Crippen molar-refractivity contribution in [3.8, 4) is 11.5 Å². The van der Waals surface area contributed by atoms with Gasteiger partial charge in [-0.05, 0) is 30.2 Å². The van der Waals surface area contributed by atoms with Crippen molar-refractivity contribution in [3.05, 3.63) is 28.7 Å². The molecule has 0 bridgehead atoms. The molecule has 1 heterocycles. The molecular formula is C17H21NO4S2. The zero-order chi connectivity index (χ0) is 17.5. The molecule has 0 atom stereocenters. The lowest BCUT2D eigenvalue weighted by atomic mass is 10.2. The zero-order valence-corrected chi connectivity index (χ0v) is 15.7. The molecule has 0 saturated carbocycles. The van der Waals surface area contributed by atoms with Gasteiger partial charge < -0.3 is 14.2 Å². The quantitative estimate of drug-likeness (QED) is 0.519. The van der Waals surface area contributed by atoms with Crippen molar-refractivity contribution >= 4 is 40.3 Å². The predicted octanol–water partition coefficient (Wildman–Crippen LogP) is 3.33. The summed E-state index contributed by atoms with van der Waals surface area (Å²) in [7, 11) is 3.20. The van der Waals surface area contributed by atoms with Crippen molar-refractivity contribution < 1.29 is 19.0 Å². The van der Waals surface area contributed by atoms with Gasteiger partial charge in [-0.25, -0.2) is 0 Å². The molecule has 0 spiro atoms. The minimum atomic E-state index is -0.0904. The molecule has 1 aliphatic heterocycles. The Morgan fingerprint density at radius 3 is 2.71 bits per heavy atom. The van der Waals surface area contributed by atoms with Crippen molar-refractivity contribution in [2.45, 2.75) is 13.3 Å². The number of benzene rings is 1. The van der Waals surface area contributed by atoms with Crippen LogP contribution >= 0.6 is 24.0 Å². The van der Waals surface area contributed by atoms with Gasteiger partial charge in [0.1, 0.15) is 4.32 Å². The molecule has 0 radical (unpaired) electrons. The number of carbonyl (C=O) groups is 1. The minimum absolute atomic E-state index is 0.0904. The van der Waals surface area contributed by atoms with Crippen LogP contribution in [0, 0.1) is 0 Å². The molecular weight excluding hydrogens is 346 g/mol. The Balaban J connectivity index is 2.18. The fraction of sp³-hybridized carbons (Fsp3) is 0.412. The maximum atomic E-state index is 12.4. The van der Waals surface area contributed by atoms with Crippen molar-refractivity contribution in [1.29, 1.82) is 0 Å². The van der Waals surface area contributed by atoms with Gasteiger partial charge >= 0.3 is 0 Å². The number of hydrogen-bond acceptors (Lipinski definition) is 6. The fourth-order valence-corrected chi connectivity index (χ4v) is 3.44. The molecule has 24 heavy (non-hydrogen) atoms. The van der Waals surface area contributed by atoms with Gasteiger partial charge in [-0.1, -0.05) is 37.0 Å². The van der Waals surface area contributed by atoms with Crippen LogP contribution in [-0.4, -0.2) is 49.1 Å². The molecule has 1 fully saturated rings. The number of ether oxygens (including phenoxy) is 3. The lowest BCUT2D eigenvalue weighted by Gasteiger charge is -2.13. The normalized spacial score (nSPS) is 16.1. The Morgan fingerprint density at radius 2 is 2.04 bits per heavy atom. The molecule has 2 rings (SSSR count). The molecule has 0 aromatic heterocycles. The summed E-state index contributed by atoms with van der Waals surface area (Å²) in [6.45, 7) is 3.60. The third kappa shape index (κ3) is 4.49. The largest absolute Gasteiger partial charge is 0.493 e. The third-order valence-corrected chi connectivity index (χ3v) is 4.72. The van der Waals surface area contributed by atoms with Crippen molar-refractivity contribution in [2.75, 3.05) is 34.0 Å². The van der Waals surface area contributed by atoms with Gasteiger partial charge in [-0.3, -0.25) is 9.69 Å². The monoisotopic (exact) mass is 367 g/mol. The number of carbonyl (C=O) groups excluding carboxylic acids is 1. The van der Waals surface area contributed by atoms with E-state index in [1.165, 1.54) is 11.8 Å². The van der Waals surface area contributed by atoms with E-state index < -0.39 is 0 Å². The van der Waals surface area contributed by atoms with E-state index in [2.05, 4.69) is 0 Å². The number of nitrogens with zero attached hydrogens (tertiary/aromatic N) is 1. The summed E-state index contributed by atoms with van der Waals surface area (Å²) in [5, 5.41) is 0. The van der Waals surface area contributed by atoms with E-state index in [1.807, 2.05) is 31.2 Å². The predicted molar refractivity (Wildman–Crippen MR) is 101 cm³/mol. The lowest BCUT2D eigenvalue weighted by molar-refractivity contribution is -0.122. The van der Waals surface area contributed by atoms with Gasteiger partial charge in [-0.15, -0.1) is 0 Å². The second kappa shape index (κ2) is 9.05. The molecule has 0 unspecified atom stereocenters. The molecule has 1 saturated heterocycles. The molecule has 1 aromatic rings. The fourth-order valence-electron chi connectivity index (χ4n) is 2.13. The lowest BCUT2D eigenvalue weighted by Crippen LogP contribution is -2.31. The van der Waals surface area contributed by atoms with Crippen LogP contribution in [0.15, 0.2) is 23.1 Å². The van der Waals surface area contributed by atoms with E-state index in [1.54, 1.807) is 19.1 Å². The maximum Gasteiger partial charge on any atom is 0.266 e. The molecule has 1 aromatic carbocycles. The van der Waals surface area contributed by atoms with Crippen LogP contribution in [0.3, 0.4) is 0 Å². The number of methoxy groups -OCH3 is 2. The second-order valence-electron chi connectivity index (χ2n) is 5.08. The topological polar surface area (TPSA) is 48.0 Å². The SMILES string of the molecule is CCCOc1ccc(/C=C2\SC(=S)N(CCOC)C2=O)cc1OC. The Hall–Kier alpha value is -1.57. The number of hydrogen-bond donors (Lipinski definition) is 0. The van der Waals surface area contributed by atoms with Gasteiger partial charge in [0, 0.05) is 7.11 Å². The average molecular weight is 367 g/mol. The molecule has 0 N–H and O–H groups in total. The van der Waals surface area contributed by atoms with Crippen LogP contribution in [-0.2, 0) is 9.53 Å². The van der Waals surface area contributed by atoms with E-state index >= 15 is 0 Å². The van der Waals surface area contributed by atoms with E-state index in [-0.39, 0.29) is 5.91 Å². The first-order valence-electron chi connectivity index (χ1n) is 7.65. The summed E-state index contributed by atoms with van der Waals surface area (Å²) in [5.41, 5.74) is 0.864. The summed E-state index contributed by atoms with van der Waals surface area (Å²) >= 11 is 6.57. The Labute approximate surface area is 151 Å². The number of amides is 1.